The summed E-state index contributed by atoms with van der Waals surface area (Å²) in [6.45, 7) is 0.127. The highest BCUT2D eigenvalue weighted by molar-refractivity contribution is 5.81. The van der Waals surface area contributed by atoms with Crippen molar-refractivity contribution in [1.29, 1.82) is 0 Å². The first-order valence-corrected chi connectivity index (χ1v) is 6.66. The number of carboxylic acids is 1. The zero-order valence-electron chi connectivity index (χ0n) is 10.9. The van der Waals surface area contributed by atoms with Gasteiger partial charge in [0, 0.05) is 11.6 Å². The van der Waals surface area contributed by atoms with Gasteiger partial charge in [0.15, 0.2) is 0 Å². The maximum absolute atomic E-state index is 12.2. The monoisotopic (exact) mass is 276 g/mol. The molecule has 1 aromatic carbocycles. The molecule has 20 heavy (non-hydrogen) atoms. The van der Waals surface area contributed by atoms with Gasteiger partial charge in [-0.3, -0.25) is 4.79 Å². The molecule has 0 aromatic heterocycles. The fraction of sp³-hybridized carbons (Fsp3) is 0.429. The normalized spacial score (nSPS) is 19.9. The molecule has 2 amide bonds. The largest absolute Gasteiger partial charge is 0.491 e. The van der Waals surface area contributed by atoms with Crippen LogP contribution in [0.15, 0.2) is 24.3 Å². The predicted octanol–water partition coefficient (Wildman–Crippen LogP) is 1.38. The molecule has 2 N–H and O–H groups in total. The number of amides is 2. The van der Waals surface area contributed by atoms with Crippen molar-refractivity contribution < 1.29 is 19.4 Å². The minimum absolute atomic E-state index is 0.0589. The summed E-state index contributed by atoms with van der Waals surface area (Å²) >= 11 is 0. The Morgan fingerprint density at radius 1 is 1.35 bits per heavy atom. The number of carboxylic acid groups (broad SMARTS) is 1. The molecule has 1 atom stereocenters. The number of benzene rings is 1. The molecular weight excluding hydrogens is 260 g/mol. The van der Waals surface area contributed by atoms with E-state index in [2.05, 4.69) is 5.32 Å². The number of carbonyl (C=O) groups is 2. The third-order valence-corrected chi connectivity index (χ3v) is 3.55. The van der Waals surface area contributed by atoms with Gasteiger partial charge in [-0.05, 0) is 18.9 Å². The maximum Gasteiger partial charge on any atom is 0.323 e. The van der Waals surface area contributed by atoms with E-state index in [9.17, 15) is 9.59 Å². The number of para-hydroxylation sites is 1. The molecule has 1 saturated carbocycles. The molecule has 1 heterocycles. The Kier molecular flexibility index (Phi) is 3.22. The van der Waals surface area contributed by atoms with Gasteiger partial charge in [0.2, 0.25) is 0 Å². The molecule has 0 radical (unpaired) electrons. The molecule has 1 unspecified atom stereocenters. The van der Waals surface area contributed by atoms with E-state index < -0.39 is 5.97 Å². The van der Waals surface area contributed by atoms with E-state index in [0.717, 1.165) is 24.2 Å². The number of carbonyl (C=O) groups excluding carboxylic acids is 1. The predicted molar refractivity (Wildman–Crippen MR) is 70.6 cm³/mol. The van der Waals surface area contributed by atoms with Gasteiger partial charge >= 0.3 is 12.0 Å². The van der Waals surface area contributed by atoms with Crippen LogP contribution in [0.1, 0.15) is 24.4 Å². The Balaban J connectivity index is 1.68. The Hall–Kier alpha value is -2.24. The fourth-order valence-corrected chi connectivity index (χ4v) is 2.41. The van der Waals surface area contributed by atoms with Crippen molar-refractivity contribution >= 4 is 12.0 Å². The molecule has 1 fully saturated rings. The van der Waals surface area contributed by atoms with Crippen molar-refractivity contribution in [3.05, 3.63) is 29.8 Å². The Morgan fingerprint density at radius 3 is 2.80 bits per heavy atom. The Morgan fingerprint density at radius 2 is 2.10 bits per heavy atom. The molecule has 6 heteroatoms. The summed E-state index contributed by atoms with van der Waals surface area (Å²) in [5.41, 5.74) is 0.937. The van der Waals surface area contributed by atoms with Gasteiger partial charge in [-0.15, -0.1) is 0 Å². The SMILES string of the molecule is O=C(O)CN(C(=O)NC1COc2ccccc21)C1CC1. The Bertz CT molecular complexity index is 542. The van der Waals surface area contributed by atoms with Gasteiger partial charge in [0.1, 0.15) is 18.9 Å². The molecule has 0 spiro atoms. The second kappa shape index (κ2) is 5.03. The number of hydrogen-bond donors (Lipinski definition) is 2. The molecular formula is C14H16N2O4. The third-order valence-electron chi connectivity index (χ3n) is 3.55. The second-order valence-corrected chi connectivity index (χ2v) is 5.10. The molecule has 1 aliphatic heterocycles. The van der Waals surface area contributed by atoms with Crippen molar-refractivity contribution in [2.75, 3.05) is 13.2 Å². The van der Waals surface area contributed by atoms with Gasteiger partial charge in [-0.2, -0.15) is 0 Å². The summed E-state index contributed by atoms with van der Waals surface area (Å²) in [7, 11) is 0. The quantitative estimate of drug-likeness (QED) is 0.870. The van der Waals surface area contributed by atoms with Crippen LogP contribution in [-0.2, 0) is 4.79 Å². The standard InChI is InChI=1S/C14H16N2O4/c17-13(18)7-16(9-5-6-9)14(19)15-11-8-20-12-4-2-1-3-10(11)12/h1-4,9,11H,5-8H2,(H,15,19)(H,17,18). The second-order valence-electron chi connectivity index (χ2n) is 5.10. The van der Waals surface area contributed by atoms with Crippen LogP contribution >= 0.6 is 0 Å². The van der Waals surface area contributed by atoms with Crippen molar-refractivity contribution in [1.82, 2.24) is 10.2 Å². The average Bonchev–Trinajstić information content (AvgIpc) is 3.19. The van der Waals surface area contributed by atoms with Gasteiger partial charge in [0.25, 0.3) is 0 Å². The van der Waals surface area contributed by atoms with E-state index in [1.807, 2.05) is 24.3 Å². The summed E-state index contributed by atoms with van der Waals surface area (Å²) in [5, 5.41) is 11.7. The van der Waals surface area contributed by atoms with Crippen molar-refractivity contribution in [2.45, 2.75) is 24.9 Å². The smallest absolute Gasteiger partial charge is 0.323 e. The fourth-order valence-electron chi connectivity index (χ4n) is 2.41. The summed E-state index contributed by atoms with van der Waals surface area (Å²) in [5.74, 6) is -0.218. The lowest BCUT2D eigenvalue weighted by Crippen LogP contribution is -2.45. The van der Waals surface area contributed by atoms with E-state index in [0.29, 0.717) is 6.61 Å². The van der Waals surface area contributed by atoms with Crippen LogP contribution in [0, 0.1) is 0 Å². The van der Waals surface area contributed by atoms with Crippen LogP contribution < -0.4 is 10.1 Å². The number of nitrogens with one attached hydrogen (secondary N) is 1. The molecule has 0 saturated heterocycles. The highest BCUT2D eigenvalue weighted by atomic mass is 16.5. The van der Waals surface area contributed by atoms with Crippen LogP contribution in [-0.4, -0.2) is 41.2 Å². The van der Waals surface area contributed by atoms with Gasteiger partial charge in [-0.1, -0.05) is 18.2 Å². The number of ether oxygens (including phenoxy) is 1. The zero-order valence-corrected chi connectivity index (χ0v) is 10.9. The van der Waals surface area contributed by atoms with Gasteiger partial charge < -0.3 is 20.1 Å². The molecule has 6 nitrogen and oxygen atoms in total. The molecule has 0 bridgehead atoms. The number of nitrogens with zero attached hydrogens (tertiary/aromatic N) is 1. The summed E-state index contributed by atoms with van der Waals surface area (Å²) < 4.78 is 5.50. The van der Waals surface area contributed by atoms with Crippen LogP contribution in [0.5, 0.6) is 5.75 Å². The van der Waals surface area contributed by atoms with E-state index in [4.69, 9.17) is 9.84 Å². The summed E-state index contributed by atoms with van der Waals surface area (Å²) in [6, 6.07) is 7.05. The highest BCUT2D eigenvalue weighted by Crippen LogP contribution is 2.32. The Labute approximate surface area is 116 Å². The first-order valence-electron chi connectivity index (χ1n) is 6.66. The minimum atomic E-state index is -0.991. The molecule has 2 aliphatic rings. The van der Waals surface area contributed by atoms with E-state index in [1.54, 1.807) is 0 Å². The number of hydrogen-bond acceptors (Lipinski definition) is 3. The van der Waals surface area contributed by atoms with Crippen LogP contribution in [0.2, 0.25) is 0 Å². The molecule has 1 aliphatic carbocycles. The van der Waals surface area contributed by atoms with Gasteiger partial charge in [-0.25, -0.2) is 4.79 Å². The third kappa shape index (κ3) is 2.54. The summed E-state index contributed by atoms with van der Waals surface area (Å²) in [4.78, 5) is 24.4. The van der Waals surface area contributed by atoms with Gasteiger partial charge in [0.05, 0.1) is 6.04 Å². The number of aliphatic carboxylic acids is 1. The lowest BCUT2D eigenvalue weighted by atomic mass is 10.1. The van der Waals surface area contributed by atoms with Crippen LogP contribution in [0.3, 0.4) is 0 Å². The lowest BCUT2D eigenvalue weighted by Gasteiger charge is -2.23. The summed E-state index contributed by atoms with van der Waals surface area (Å²) in [6.07, 6.45) is 1.75. The minimum Gasteiger partial charge on any atom is -0.491 e. The molecule has 106 valence electrons. The van der Waals surface area contributed by atoms with E-state index >= 15 is 0 Å². The average molecular weight is 276 g/mol. The van der Waals surface area contributed by atoms with Crippen molar-refractivity contribution in [2.24, 2.45) is 0 Å². The van der Waals surface area contributed by atoms with Crippen molar-refractivity contribution in [3.63, 3.8) is 0 Å². The highest BCUT2D eigenvalue weighted by Gasteiger charge is 2.35. The zero-order chi connectivity index (χ0) is 14.1. The lowest BCUT2D eigenvalue weighted by molar-refractivity contribution is -0.137. The van der Waals surface area contributed by atoms with Crippen molar-refractivity contribution in [3.8, 4) is 5.75 Å². The maximum atomic E-state index is 12.2. The first-order chi connectivity index (χ1) is 9.65. The number of fused-ring (bicyclic) bond motifs is 1. The van der Waals surface area contributed by atoms with E-state index in [1.165, 1.54) is 4.90 Å². The number of rotatable bonds is 4. The molecule has 3 rings (SSSR count). The molecule has 1 aromatic rings. The first kappa shape index (κ1) is 12.8. The topological polar surface area (TPSA) is 78.9 Å². The van der Waals surface area contributed by atoms with Crippen LogP contribution in [0.4, 0.5) is 4.79 Å². The number of urea groups is 1. The van der Waals surface area contributed by atoms with Crippen LogP contribution in [0.25, 0.3) is 0 Å². The van der Waals surface area contributed by atoms with E-state index in [-0.39, 0.29) is 24.7 Å².